The van der Waals surface area contributed by atoms with Gasteiger partial charge in [-0.15, -0.1) is 0 Å². The first-order valence-electron chi connectivity index (χ1n) is 32.9. The smallest absolute Gasteiger partial charge is 0.194 e. The first-order valence-corrected chi connectivity index (χ1v) is 32.9. The highest BCUT2D eigenvalue weighted by Crippen LogP contribution is 2.24. The zero-order chi connectivity index (χ0) is 72.8. The van der Waals surface area contributed by atoms with Crippen molar-refractivity contribution >= 4 is 114 Å². The van der Waals surface area contributed by atoms with E-state index in [1.54, 1.807) is 6.07 Å². The number of para-hydroxylation sites is 1. The van der Waals surface area contributed by atoms with Crippen LogP contribution in [0.3, 0.4) is 0 Å². The Morgan fingerprint density at radius 3 is 0.740 bits per heavy atom. The summed E-state index contributed by atoms with van der Waals surface area (Å²) in [5.41, 5.74) is 22.1. The lowest BCUT2D eigenvalue weighted by Crippen LogP contribution is -1.80. The fourth-order valence-corrected chi connectivity index (χ4v) is 9.98. The van der Waals surface area contributed by atoms with Crippen molar-refractivity contribution in [1.82, 2.24) is 0 Å². The number of benzene rings is 12. The van der Waals surface area contributed by atoms with Crippen LogP contribution in [0, 0.1) is 76.4 Å². The van der Waals surface area contributed by atoms with E-state index in [-0.39, 0.29) is 0 Å². The van der Waals surface area contributed by atoms with Crippen molar-refractivity contribution in [2.24, 2.45) is 0 Å². The molecule has 0 aliphatic carbocycles. The minimum absolute atomic E-state index is 0.649. The van der Waals surface area contributed by atoms with Crippen LogP contribution >= 0.6 is 0 Å². The van der Waals surface area contributed by atoms with E-state index >= 15 is 0 Å². The Hall–Kier alpha value is -15.5. The number of nitriles is 5. The fraction of sp³-hybridized carbons (Fsp3) is 0. The lowest BCUT2D eigenvalue weighted by atomic mass is 10.1. The predicted octanol–water partition coefficient (Wildman–Crippen LogP) is 25.1. The van der Waals surface area contributed by atoms with Crippen LogP contribution in [0.4, 0.5) is 17.1 Å². The third-order valence-corrected chi connectivity index (χ3v) is 15.8. The highest BCUT2D eigenvalue weighted by molar-refractivity contribution is 5.80. The zero-order valence-corrected chi connectivity index (χ0v) is 56.5. The summed E-state index contributed by atoms with van der Waals surface area (Å²) in [5.74, 6) is 0. The van der Waals surface area contributed by atoms with E-state index in [1.807, 2.05) is 310 Å². The SMILES string of the molecule is N#Cc1ccc(/C=C/c2ccc(/C=C/c3ccccc3C#N)cc2)cc1.[C-]#[N+]c1ccc(/C=C/c2ccc(/C=C/c3ccc(C#N)cc3)cc2)cc1.[C-]#[N+]c1cccc(/C=C/c2ccc(/C=C/c3ccc(C#N)cc3)cc2)c1.[C-]#[N+]c1ccccc1/C=C/c1ccc(/C=C/c2ccccc2C#N)cc1. The Labute approximate surface area is 609 Å². The van der Waals surface area contributed by atoms with Gasteiger partial charge in [-0.05, 0) is 144 Å². The van der Waals surface area contributed by atoms with Gasteiger partial charge in [0, 0.05) is 0 Å². The third-order valence-electron chi connectivity index (χ3n) is 15.8. The number of rotatable bonds is 16. The molecule has 0 spiro atoms. The van der Waals surface area contributed by atoms with Gasteiger partial charge in [0.2, 0.25) is 0 Å². The van der Waals surface area contributed by atoms with Gasteiger partial charge in [0.25, 0.3) is 0 Å². The molecule has 0 aliphatic heterocycles. The van der Waals surface area contributed by atoms with Crippen molar-refractivity contribution in [3.63, 3.8) is 0 Å². The first-order chi connectivity index (χ1) is 51.1. The molecule has 0 amide bonds. The van der Waals surface area contributed by atoms with Gasteiger partial charge in [-0.3, -0.25) is 0 Å². The van der Waals surface area contributed by atoms with Gasteiger partial charge in [-0.25, -0.2) is 14.5 Å². The van der Waals surface area contributed by atoms with Gasteiger partial charge >= 0.3 is 0 Å². The molecule has 0 bridgehead atoms. The van der Waals surface area contributed by atoms with Crippen molar-refractivity contribution in [2.45, 2.75) is 0 Å². The number of hydrogen-bond acceptors (Lipinski definition) is 5. The van der Waals surface area contributed by atoms with Crippen LogP contribution < -0.4 is 0 Å². The monoisotopic (exact) mass is 1330 g/mol. The Balaban J connectivity index is 0.000000161. The molecular weight excluding hydrogens is 1270 g/mol. The van der Waals surface area contributed by atoms with Crippen LogP contribution in [-0.4, -0.2) is 0 Å². The Bertz CT molecular complexity index is 5320. The second kappa shape index (κ2) is 39.6. The van der Waals surface area contributed by atoms with Crippen LogP contribution in [0.5, 0.6) is 0 Å². The molecular formula is C96H64N8. The lowest BCUT2D eigenvalue weighted by Gasteiger charge is -1.99. The zero-order valence-electron chi connectivity index (χ0n) is 56.5. The average Bonchev–Trinajstić information content (AvgIpc) is 0.952. The summed E-state index contributed by atoms with van der Waals surface area (Å²) < 4.78 is 0. The van der Waals surface area contributed by atoms with Gasteiger partial charge in [-0.1, -0.05) is 334 Å². The minimum atomic E-state index is 0.649. The molecule has 12 rings (SSSR count). The summed E-state index contributed by atoms with van der Waals surface area (Å²) in [6.07, 6.45) is 32.2. The molecule has 0 atom stereocenters. The van der Waals surface area contributed by atoms with E-state index in [0.29, 0.717) is 44.9 Å². The molecule has 12 aromatic rings. The lowest BCUT2D eigenvalue weighted by molar-refractivity contribution is 1.47. The van der Waals surface area contributed by atoms with Crippen LogP contribution in [0.15, 0.2) is 291 Å². The van der Waals surface area contributed by atoms with Gasteiger partial charge in [-0.2, -0.15) is 26.3 Å². The second-order valence-corrected chi connectivity index (χ2v) is 23.0. The molecule has 0 saturated carbocycles. The predicted molar refractivity (Wildman–Crippen MR) is 431 cm³/mol. The Morgan fingerprint density at radius 1 is 0.202 bits per heavy atom. The van der Waals surface area contributed by atoms with Crippen LogP contribution in [0.2, 0.25) is 0 Å². The summed E-state index contributed by atoms with van der Waals surface area (Å²) in [7, 11) is 0. The molecule has 12 aromatic carbocycles. The summed E-state index contributed by atoms with van der Waals surface area (Å²) in [6, 6.07) is 104. The van der Waals surface area contributed by atoms with Crippen molar-refractivity contribution in [2.75, 3.05) is 0 Å². The van der Waals surface area contributed by atoms with Crippen LogP contribution in [0.25, 0.3) is 112 Å². The molecule has 8 heteroatoms. The van der Waals surface area contributed by atoms with Crippen LogP contribution in [-0.2, 0) is 0 Å². The standard InChI is InChI=1S/4C24H16N2/c1-26-24-16-14-22(15-17-24)9-8-20-4-2-19(3-5-20)6-7-21-10-12-23(18-25)13-11-21;1-26-24-9-5-4-7-22(24)17-15-20-12-10-19(11-13-20)14-16-21-6-2-3-8-23(21)18-25;1-26-24-4-2-3-22(17-24)14-11-20-8-5-19(6-9-20)7-10-21-12-15-23(18-25)16-13-21;25-17-22-13-11-20(12-14-22)6-5-19-7-9-21(10-8-19)15-16-23-3-1-2-4-24(23)18-26/h3*2-17H;1-16H/b7-6+,9-8+;16-14+,17-15+;10-7+,14-11+;6-5+,16-15+. The van der Waals surface area contributed by atoms with Gasteiger partial charge in [0.15, 0.2) is 17.1 Å². The minimum Gasteiger partial charge on any atom is -0.238 e. The van der Waals surface area contributed by atoms with Crippen molar-refractivity contribution < 1.29 is 0 Å². The maximum Gasteiger partial charge on any atom is 0.194 e. The van der Waals surface area contributed by atoms with Crippen molar-refractivity contribution in [1.29, 1.82) is 26.3 Å². The van der Waals surface area contributed by atoms with E-state index in [2.05, 4.69) is 118 Å². The van der Waals surface area contributed by atoms with E-state index in [9.17, 15) is 0 Å². The van der Waals surface area contributed by atoms with Crippen LogP contribution in [0.1, 0.15) is 117 Å². The fourth-order valence-electron chi connectivity index (χ4n) is 9.98. The van der Waals surface area contributed by atoms with Gasteiger partial charge < -0.3 is 0 Å². The van der Waals surface area contributed by atoms with Gasteiger partial charge in [0.1, 0.15) is 0 Å². The molecule has 0 radical (unpaired) electrons. The highest BCUT2D eigenvalue weighted by Gasteiger charge is 2.02. The van der Waals surface area contributed by atoms with E-state index in [0.717, 1.165) is 89.0 Å². The molecule has 0 saturated heterocycles. The van der Waals surface area contributed by atoms with E-state index in [1.165, 1.54) is 0 Å². The summed E-state index contributed by atoms with van der Waals surface area (Å²) in [4.78, 5) is 10.4. The normalized spacial score (nSPS) is 10.7. The number of hydrogen-bond donors (Lipinski definition) is 0. The Morgan fingerprint density at radius 2 is 0.452 bits per heavy atom. The van der Waals surface area contributed by atoms with Crippen molar-refractivity contribution in [3.8, 4) is 30.3 Å². The molecule has 0 aliphatic rings. The van der Waals surface area contributed by atoms with Gasteiger partial charge in [0.05, 0.1) is 77.9 Å². The third kappa shape index (κ3) is 23.6. The number of nitrogens with zero attached hydrogens (tertiary/aromatic N) is 8. The van der Waals surface area contributed by atoms with E-state index < -0.39 is 0 Å². The molecule has 104 heavy (non-hydrogen) atoms. The van der Waals surface area contributed by atoms with E-state index in [4.69, 9.17) is 46.0 Å². The average molecular weight is 1330 g/mol. The molecule has 0 aromatic heterocycles. The largest absolute Gasteiger partial charge is 0.238 e. The molecule has 0 fully saturated rings. The molecule has 8 nitrogen and oxygen atoms in total. The summed E-state index contributed by atoms with van der Waals surface area (Å²) >= 11 is 0. The molecule has 0 unspecified atom stereocenters. The van der Waals surface area contributed by atoms with Crippen molar-refractivity contribution in [3.05, 3.63) is 442 Å². The quantitative estimate of drug-likeness (QED) is 0.0702. The maximum atomic E-state index is 9.13. The second-order valence-electron chi connectivity index (χ2n) is 23.0. The topological polar surface area (TPSA) is 132 Å². The first kappa shape index (κ1) is 72.7. The maximum absolute atomic E-state index is 9.13. The summed E-state index contributed by atoms with van der Waals surface area (Å²) in [5, 5.41) is 44.7. The Kier molecular flexibility index (Phi) is 27.7. The summed E-state index contributed by atoms with van der Waals surface area (Å²) in [6.45, 7) is 21.2. The molecule has 488 valence electrons. The molecule has 0 heterocycles. The molecule has 0 N–H and O–H groups in total. The highest BCUT2D eigenvalue weighted by atomic mass is 14.6.